The molecule has 234 valence electrons. The van der Waals surface area contributed by atoms with Gasteiger partial charge < -0.3 is 28.3 Å². The molecule has 45 heavy (non-hydrogen) atoms. The van der Waals surface area contributed by atoms with Gasteiger partial charge in [-0.1, -0.05) is 0 Å². The van der Waals surface area contributed by atoms with Crippen LogP contribution < -0.4 is 11.1 Å². The van der Waals surface area contributed by atoms with Crippen LogP contribution in [0.4, 0.5) is 0 Å². The van der Waals surface area contributed by atoms with Gasteiger partial charge in [-0.25, -0.2) is 9.59 Å². The number of hydrogen-bond acceptors (Lipinski definition) is 11. The summed E-state index contributed by atoms with van der Waals surface area (Å²) in [6.07, 6.45) is 9.21. The van der Waals surface area contributed by atoms with E-state index in [2.05, 4.69) is 9.97 Å². The molecule has 0 saturated carbocycles. The summed E-state index contributed by atoms with van der Waals surface area (Å²) in [6, 6.07) is 9.60. The van der Waals surface area contributed by atoms with Gasteiger partial charge in [0.25, 0.3) is 11.1 Å². The number of esters is 2. The zero-order chi connectivity index (χ0) is 32.2. The van der Waals surface area contributed by atoms with Crippen LogP contribution in [-0.2, 0) is 46.4 Å². The van der Waals surface area contributed by atoms with Gasteiger partial charge >= 0.3 is 11.9 Å². The number of pyridine rings is 4. The Kier molecular flexibility index (Phi) is 11.6. The molecule has 1 aliphatic rings. The van der Waals surface area contributed by atoms with Gasteiger partial charge in [-0.3, -0.25) is 24.1 Å². The molecule has 0 atom stereocenters. The number of hydrogen-bond donors (Lipinski definition) is 0. The van der Waals surface area contributed by atoms with Crippen LogP contribution in [0.1, 0.15) is 25.0 Å². The topological polar surface area (TPSA) is 158 Å². The first-order valence-electron chi connectivity index (χ1n) is 14.2. The lowest BCUT2D eigenvalue weighted by atomic mass is 10.2. The van der Waals surface area contributed by atoms with Crippen LogP contribution in [0.25, 0.3) is 34.2 Å². The van der Waals surface area contributed by atoms with E-state index >= 15 is 0 Å². The van der Waals surface area contributed by atoms with Crippen molar-refractivity contribution in [2.24, 2.45) is 0 Å². The fourth-order valence-corrected chi connectivity index (χ4v) is 4.37. The van der Waals surface area contributed by atoms with Gasteiger partial charge in [0.1, 0.15) is 6.29 Å². The minimum absolute atomic E-state index is 0.0388. The predicted molar refractivity (Wildman–Crippen MR) is 165 cm³/mol. The van der Waals surface area contributed by atoms with E-state index in [1.54, 1.807) is 67.2 Å². The van der Waals surface area contributed by atoms with Crippen LogP contribution in [0, 0.1) is 0 Å². The second-order valence-corrected chi connectivity index (χ2v) is 9.42. The monoisotopic (exact) mass is 616 g/mol. The van der Waals surface area contributed by atoms with Crippen LogP contribution in [-0.4, -0.2) is 70.0 Å². The number of aromatic nitrogens is 4. The van der Waals surface area contributed by atoms with Gasteiger partial charge in [0.05, 0.1) is 61.6 Å². The largest absolute Gasteiger partial charge is 0.463 e. The van der Waals surface area contributed by atoms with Gasteiger partial charge in [0.2, 0.25) is 0 Å². The van der Waals surface area contributed by atoms with E-state index in [-0.39, 0.29) is 17.7 Å². The molecule has 0 bridgehead atoms. The van der Waals surface area contributed by atoms with Crippen LogP contribution >= 0.6 is 0 Å². The first kappa shape index (κ1) is 32.6. The highest BCUT2D eigenvalue weighted by Crippen LogP contribution is 2.16. The third kappa shape index (κ3) is 8.87. The summed E-state index contributed by atoms with van der Waals surface area (Å²) in [4.78, 5) is 65.9. The SMILES string of the molecule is CCOC(=O)/C=C/c1cnc2ccc(=O)n(CC3OCCO3)c2c1.CCOC(=O)/C=C/c1cnc2ccc(=O)n(CC=O)c2c1. The Morgan fingerprint density at radius 1 is 0.822 bits per heavy atom. The Hall–Kier alpha value is -5.27. The average molecular weight is 617 g/mol. The van der Waals surface area contributed by atoms with E-state index < -0.39 is 18.2 Å². The van der Waals surface area contributed by atoms with Crippen LogP contribution in [0.3, 0.4) is 0 Å². The highest BCUT2D eigenvalue weighted by molar-refractivity contribution is 5.88. The predicted octanol–water partition coefficient (Wildman–Crippen LogP) is 2.52. The van der Waals surface area contributed by atoms with E-state index in [4.69, 9.17) is 18.9 Å². The molecular weight excluding hydrogens is 584 g/mol. The first-order valence-corrected chi connectivity index (χ1v) is 14.2. The lowest BCUT2D eigenvalue weighted by Crippen LogP contribution is -2.27. The first-order chi connectivity index (χ1) is 21.8. The zero-order valence-electron chi connectivity index (χ0n) is 24.8. The molecule has 1 saturated heterocycles. The maximum atomic E-state index is 12.2. The fourth-order valence-electron chi connectivity index (χ4n) is 4.37. The Labute approximate surface area is 257 Å². The van der Waals surface area contributed by atoms with Crippen molar-refractivity contribution in [2.45, 2.75) is 33.2 Å². The summed E-state index contributed by atoms with van der Waals surface area (Å²) >= 11 is 0. The van der Waals surface area contributed by atoms with Crippen LogP contribution in [0.5, 0.6) is 0 Å². The summed E-state index contributed by atoms with van der Waals surface area (Å²) in [5.41, 5.74) is 3.39. The van der Waals surface area contributed by atoms with E-state index in [1.807, 2.05) is 0 Å². The lowest BCUT2D eigenvalue weighted by molar-refractivity contribution is -0.138. The molecule has 0 radical (unpaired) electrons. The van der Waals surface area contributed by atoms with Gasteiger partial charge in [-0.15, -0.1) is 0 Å². The third-order valence-electron chi connectivity index (χ3n) is 6.39. The smallest absolute Gasteiger partial charge is 0.330 e. The maximum absolute atomic E-state index is 12.2. The molecule has 13 nitrogen and oxygen atoms in total. The van der Waals surface area contributed by atoms with Crippen molar-refractivity contribution in [1.29, 1.82) is 0 Å². The van der Waals surface area contributed by atoms with Crippen molar-refractivity contribution in [2.75, 3.05) is 26.4 Å². The molecule has 0 aliphatic carbocycles. The minimum atomic E-state index is -0.448. The van der Waals surface area contributed by atoms with Gasteiger partial charge in [-0.05, 0) is 61.4 Å². The summed E-state index contributed by atoms with van der Waals surface area (Å²) in [6.45, 7) is 5.40. The lowest BCUT2D eigenvalue weighted by Gasteiger charge is -2.14. The quantitative estimate of drug-likeness (QED) is 0.146. The molecule has 0 N–H and O–H groups in total. The highest BCUT2D eigenvalue weighted by atomic mass is 16.7. The normalized spacial score (nSPS) is 13.3. The summed E-state index contributed by atoms with van der Waals surface area (Å²) in [5.74, 6) is -0.869. The van der Waals surface area contributed by atoms with Crippen molar-refractivity contribution in [3.63, 3.8) is 0 Å². The molecule has 0 unspecified atom stereocenters. The molecule has 5 heterocycles. The number of ether oxygens (including phenoxy) is 4. The van der Waals surface area contributed by atoms with Gasteiger partial charge in [0, 0.05) is 36.7 Å². The van der Waals surface area contributed by atoms with E-state index in [1.165, 1.54) is 28.9 Å². The zero-order valence-corrected chi connectivity index (χ0v) is 24.8. The highest BCUT2D eigenvalue weighted by Gasteiger charge is 2.18. The standard InChI is InChI=1S/C17H18N2O5.C15H14N2O4/c1-2-22-16(21)6-3-12-9-14-13(18-10-12)4-5-15(20)19(14)11-17-23-7-8-24-17;1-2-21-15(20)6-3-11-9-13-12(16-10-11)4-5-14(19)17(13)7-8-18/h3-6,9-10,17H,2,7-8,11H2,1H3;3-6,8-10H,2,7H2,1H3/b2*6-3+. The van der Waals surface area contributed by atoms with Crippen molar-refractivity contribution < 1.29 is 33.3 Å². The van der Waals surface area contributed by atoms with Crippen molar-refractivity contribution in [3.05, 3.63) is 92.8 Å². The fraction of sp³-hybridized carbons (Fsp3) is 0.281. The third-order valence-corrected chi connectivity index (χ3v) is 6.39. The van der Waals surface area contributed by atoms with Crippen molar-refractivity contribution in [3.8, 4) is 0 Å². The van der Waals surface area contributed by atoms with E-state index in [9.17, 15) is 24.0 Å². The van der Waals surface area contributed by atoms with Gasteiger partial charge in [-0.2, -0.15) is 0 Å². The number of nitrogens with zero attached hydrogens (tertiary/aromatic N) is 4. The minimum Gasteiger partial charge on any atom is -0.463 e. The molecule has 1 fully saturated rings. The van der Waals surface area contributed by atoms with Crippen molar-refractivity contribution in [1.82, 2.24) is 19.1 Å². The van der Waals surface area contributed by atoms with E-state index in [0.717, 1.165) is 0 Å². The molecule has 1 aliphatic heterocycles. The summed E-state index contributed by atoms with van der Waals surface area (Å²) in [5, 5.41) is 0. The molecule has 4 aromatic heterocycles. The molecule has 5 rings (SSSR count). The molecule has 0 amide bonds. The Morgan fingerprint density at radius 3 is 1.80 bits per heavy atom. The Bertz CT molecular complexity index is 1850. The second kappa shape index (κ2) is 16.0. The van der Waals surface area contributed by atoms with Crippen molar-refractivity contribution >= 4 is 52.4 Å². The summed E-state index contributed by atoms with van der Waals surface area (Å²) in [7, 11) is 0. The number of aldehydes is 1. The Morgan fingerprint density at radius 2 is 1.31 bits per heavy atom. The molecule has 13 heteroatoms. The molecule has 0 spiro atoms. The molecule has 0 aromatic carbocycles. The van der Waals surface area contributed by atoms with Gasteiger partial charge in [0.15, 0.2) is 6.29 Å². The Balaban J connectivity index is 0.000000207. The molecule has 4 aromatic rings. The second-order valence-electron chi connectivity index (χ2n) is 9.42. The number of rotatable bonds is 10. The maximum Gasteiger partial charge on any atom is 0.330 e. The number of carbonyl (C=O) groups is 3. The van der Waals surface area contributed by atoms with Crippen LogP contribution in [0.2, 0.25) is 0 Å². The number of carbonyl (C=O) groups excluding carboxylic acids is 3. The molecular formula is C32H32N4O9. The van der Waals surface area contributed by atoms with Crippen LogP contribution in [0.15, 0.2) is 70.5 Å². The van der Waals surface area contributed by atoms with E-state index in [0.29, 0.717) is 72.5 Å². The summed E-state index contributed by atoms with van der Waals surface area (Å²) < 4.78 is 23.4. The number of fused-ring (bicyclic) bond motifs is 2. The average Bonchev–Trinajstić information content (AvgIpc) is 3.56.